The second kappa shape index (κ2) is 13.0. The molecule has 0 spiro atoms. The molecular formula is C20H33NO4. The zero-order chi connectivity index (χ0) is 18.5. The number of nitroso groups, excluding NO2 is 1. The van der Waals surface area contributed by atoms with Gasteiger partial charge in [0.05, 0.1) is 6.10 Å². The molecule has 1 saturated carbocycles. The monoisotopic (exact) mass is 351 g/mol. The highest BCUT2D eigenvalue weighted by atomic mass is 16.3. The summed E-state index contributed by atoms with van der Waals surface area (Å²) in [6.45, 7) is 2.26. The van der Waals surface area contributed by atoms with Gasteiger partial charge < -0.3 is 10.2 Å². The van der Waals surface area contributed by atoms with Crippen molar-refractivity contribution in [2.24, 2.45) is 17.0 Å². The van der Waals surface area contributed by atoms with Gasteiger partial charge in [0, 0.05) is 18.9 Å². The van der Waals surface area contributed by atoms with Crippen LogP contribution >= 0.6 is 0 Å². The first-order valence-corrected chi connectivity index (χ1v) is 9.58. The Kier molecular flexibility index (Phi) is 11.2. The number of carbonyl (C=O) groups excluding carboxylic acids is 1. The van der Waals surface area contributed by atoms with Crippen LogP contribution in [0.3, 0.4) is 0 Å². The maximum Gasteiger partial charge on any atom is 0.138 e. The lowest BCUT2D eigenvalue weighted by molar-refractivity contribution is -0.121. The highest BCUT2D eigenvalue weighted by Crippen LogP contribution is 2.37. The third-order valence-electron chi connectivity index (χ3n) is 4.95. The van der Waals surface area contributed by atoms with Crippen LogP contribution < -0.4 is 0 Å². The quantitative estimate of drug-likeness (QED) is 0.299. The Bertz CT molecular complexity index is 447. The number of ketones is 1. The Morgan fingerprint density at radius 1 is 1.24 bits per heavy atom. The Labute approximate surface area is 151 Å². The molecule has 4 atom stereocenters. The van der Waals surface area contributed by atoms with Crippen LogP contribution in [-0.4, -0.2) is 34.7 Å². The summed E-state index contributed by atoms with van der Waals surface area (Å²) >= 11 is 0. The Morgan fingerprint density at radius 3 is 2.72 bits per heavy atom. The van der Waals surface area contributed by atoms with Crippen molar-refractivity contribution in [3.05, 3.63) is 29.2 Å². The number of unbranched alkanes of at least 4 members (excludes halogenated alkanes) is 2. The van der Waals surface area contributed by atoms with Gasteiger partial charge in [-0.2, -0.15) is 4.91 Å². The van der Waals surface area contributed by atoms with Gasteiger partial charge in [0.25, 0.3) is 0 Å². The van der Waals surface area contributed by atoms with Crippen LogP contribution in [0.2, 0.25) is 0 Å². The van der Waals surface area contributed by atoms with Gasteiger partial charge in [-0.3, -0.25) is 4.79 Å². The van der Waals surface area contributed by atoms with Crippen LogP contribution in [0.1, 0.15) is 64.7 Å². The van der Waals surface area contributed by atoms with Gasteiger partial charge in [0.15, 0.2) is 0 Å². The molecule has 2 N–H and O–H groups in total. The van der Waals surface area contributed by atoms with E-state index in [-0.39, 0.29) is 30.6 Å². The zero-order valence-electron chi connectivity index (χ0n) is 15.3. The second-order valence-corrected chi connectivity index (χ2v) is 6.89. The van der Waals surface area contributed by atoms with Crippen molar-refractivity contribution in [3.63, 3.8) is 0 Å². The van der Waals surface area contributed by atoms with Crippen molar-refractivity contribution in [1.82, 2.24) is 0 Å². The van der Waals surface area contributed by atoms with Crippen molar-refractivity contribution < 1.29 is 15.0 Å². The van der Waals surface area contributed by atoms with Gasteiger partial charge in [0.1, 0.15) is 11.8 Å². The maximum absolute atomic E-state index is 12.2. The maximum atomic E-state index is 12.2. The standard InChI is InChI=1S/C20H33NO4/c1-2-3-7-10-16(23)12-13-17-18(20(24)15-19(17)21-25)11-8-5-4-6-9-14-22/h3,5,7-8,16-19,22-23H,2,4,6,9-15H2,1H3/t16?,17-,18-,19?/m1/s1. The predicted octanol–water partition coefficient (Wildman–Crippen LogP) is 3.93. The Hall–Kier alpha value is -1.33. The summed E-state index contributed by atoms with van der Waals surface area (Å²) in [5, 5.41) is 22.0. The molecule has 0 aromatic heterocycles. The van der Waals surface area contributed by atoms with E-state index in [2.05, 4.69) is 12.1 Å². The molecule has 0 radical (unpaired) electrons. The van der Waals surface area contributed by atoms with Crippen molar-refractivity contribution in [1.29, 1.82) is 0 Å². The molecule has 0 aromatic carbocycles. The molecule has 0 bridgehead atoms. The Morgan fingerprint density at radius 2 is 2.04 bits per heavy atom. The summed E-state index contributed by atoms with van der Waals surface area (Å²) in [7, 11) is 0. The number of carbonyl (C=O) groups is 1. The average molecular weight is 351 g/mol. The smallest absolute Gasteiger partial charge is 0.138 e. The van der Waals surface area contributed by atoms with Crippen molar-refractivity contribution in [2.75, 3.05) is 6.61 Å². The molecule has 0 aromatic rings. The Balaban J connectivity index is 2.51. The fourth-order valence-electron chi connectivity index (χ4n) is 3.49. The van der Waals surface area contributed by atoms with Gasteiger partial charge >= 0.3 is 0 Å². The van der Waals surface area contributed by atoms with E-state index < -0.39 is 12.1 Å². The summed E-state index contributed by atoms with van der Waals surface area (Å²) in [6, 6.07) is -0.446. The van der Waals surface area contributed by atoms with Crippen molar-refractivity contribution >= 4 is 5.78 Å². The average Bonchev–Trinajstić information content (AvgIpc) is 2.91. The number of nitrogens with zero attached hydrogens (tertiary/aromatic N) is 1. The summed E-state index contributed by atoms with van der Waals surface area (Å²) in [4.78, 5) is 23.3. The normalized spacial score (nSPS) is 25.2. The van der Waals surface area contributed by atoms with Crippen LogP contribution in [0.4, 0.5) is 0 Å². The molecule has 5 nitrogen and oxygen atoms in total. The number of Topliss-reactive ketones (excluding diaryl/α,β-unsaturated/α-hetero) is 1. The lowest BCUT2D eigenvalue weighted by Gasteiger charge is -2.20. The number of rotatable bonds is 13. The largest absolute Gasteiger partial charge is 0.396 e. The van der Waals surface area contributed by atoms with Crippen LogP contribution in [0, 0.1) is 16.7 Å². The third-order valence-corrected chi connectivity index (χ3v) is 4.95. The molecule has 0 saturated heterocycles. The third kappa shape index (κ3) is 8.06. The molecular weight excluding hydrogens is 318 g/mol. The molecule has 1 aliphatic carbocycles. The first kappa shape index (κ1) is 21.7. The summed E-state index contributed by atoms with van der Waals surface area (Å²) in [5.41, 5.74) is 0. The molecule has 5 heteroatoms. The fourth-order valence-corrected chi connectivity index (χ4v) is 3.49. The molecule has 25 heavy (non-hydrogen) atoms. The highest BCUT2D eigenvalue weighted by molar-refractivity contribution is 5.84. The molecule has 1 fully saturated rings. The molecule has 2 unspecified atom stereocenters. The number of hydrogen-bond donors (Lipinski definition) is 2. The number of aliphatic hydroxyl groups is 2. The van der Waals surface area contributed by atoms with E-state index in [1.165, 1.54) is 0 Å². The van der Waals surface area contributed by atoms with Crippen molar-refractivity contribution in [2.45, 2.75) is 76.9 Å². The second-order valence-electron chi connectivity index (χ2n) is 6.89. The number of allylic oxidation sites excluding steroid dienone is 3. The van der Waals surface area contributed by atoms with Gasteiger partial charge in [-0.15, -0.1) is 0 Å². The summed E-state index contributed by atoms with van der Waals surface area (Å²) in [5.74, 6) is -0.0953. The minimum atomic E-state index is -0.446. The van der Waals surface area contributed by atoms with Crippen molar-refractivity contribution in [3.8, 4) is 0 Å². The molecule has 1 rings (SSSR count). The van der Waals surface area contributed by atoms with E-state index in [1.54, 1.807) is 0 Å². The van der Waals surface area contributed by atoms with E-state index in [0.29, 0.717) is 25.7 Å². The fraction of sp³-hybridized carbons (Fsp3) is 0.750. The predicted molar refractivity (Wildman–Crippen MR) is 100 cm³/mol. The van der Waals surface area contributed by atoms with E-state index in [0.717, 1.165) is 25.7 Å². The molecule has 1 aliphatic rings. The molecule has 0 amide bonds. The van der Waals surface area contributed by atoms with Gasteiger partial charge in [-0.05, 0) is 57.3 Å². The first-order chi connectivity index (χ1) is 12.1. The number of aliphatic hydroxyl groups excluding tert-OH is 2. The van der Waals surface area contributed by atoms with Crippen LogP contribution in [0.25, 0.3) is 0 Å². The molecule has 0 heterocycles. The van der Waals surface area contributed by atoms with E-state index in [4.69, 9.17) is 5.11 Å². The minimum absolute atomic E-state index is 0.0584. The van der Waals surface area contributed by atoms with Crippen LogP contribution in [0.15, 0.2) is 29.5 Å². The van der Waals surface area contributed by atoms with Crippen LogP contribution in [-0.2, 0) is 4.79 Å². The minimum Gasteiger partial charge on any atom is -0.396 e. The summed E-state index contributed by atoms with van der Waals surface area (Å²) in [6.07, 6.45) is 14.0. The lowest BCUT2D eigenvalue weighted by atomic mass is 9.85. The highest BCUT2D eigenvalue weighted by Gasteiger charge is 2.42. The topological polar surface area (TPSA) is 87.0 Å². The lowest BCUT2D eigenvalue weighted by Crippen LogP contribution is -2.21. The van der Waals surface area contributed by atoms with E-state index in [1.807, 2.05) is 24.3 Å². The van der Waals surface area contributed by atoms with Crippen LogP contribution in [0.5, 0.6) is 0 Å². The molecule has 0 aliphatic heterocycles. The number of hydrogen-bond acceptors (Lipinski definition) is 5. The van der Waals surface area contributed by atoms with E-state index >= 15 is 0 Å². The molecule has 142 valence electrons. The van der Waals surface area contributed by atoms with Gasteiger partial charge in [-0.1, -0.05) is 36.4 Å². The summed E-state index contributed by atoms with van der Waals surface area (Å²) < 4.78 is 0. The van der Waals surface area contributed by atoms with Gasteiger partial charge in [-0.25, -0.2) is 0 Å². The van der Waals surface area contributed by atoms with E-state index in [9.17, 15) is 14.8 Å². The van der Waals surface area contributed by atoms with Gasteiger partial charge in [0.2, 0.25) is 0 Å². The zero-order valence-corrected chi connectivity index (χ0v) is 15.3. The SMILES string of the molecule is CCC=CCC(O)CC[C@H]1C(N=O)CC(=O)[C@@H]1CC=CCCCCO. The first-order valence-electron chi connectivity index (χ1n) is 9.58.